The van der Waals surface area contributed by atoms with E-state index in [1.165, 1.54) is 5.56 Å². The topological polar surface area (TPSA) is 17.1 Å². The molecule has 0 saturated carbocycles. The van der Waals surface area contributed by atoms with Crippen molar-refractivity contribution in [3.8, 4) is 0 Å². The van der Waals surface area contributed by atoms with E-state index in [-0.39, 0.29) is 11.7 Å². The van der Waals surface area contributed by atoms with E-state index < -0.39 is 18.4 Å². The van der Waals surface area contributed by atoms with Crippen LogP contribution < -0.4 is 0 Å². The van der Waals surface area contributed by atoms with Crippen LogP contribution >= 0.6 is 0 Å². The summed E-state index contributed by atoms with van der Waals surface area (Å²) in [6, 6.07) is 20.3. The second-order valence-corrected chi connectivity index (χ2v) is 22.1. The van der Waals surface area contributed by atoms with Crippen molar-refractivity contribution in [2.24, 2.45) is 5.92 Å². The monoisotopic (exact) mass is 388 g/mol. The van der Waals surface area contributed by atoms with Gasteiger partial charge in [0.05, 0.1) is 0 Å². The van der Waals surface area contributed by atoms with E-state index in [2.05, 4.69) is 46.0 Å². The molecule has 0 radical (unpaired) electrons. The van der Waals surface area contributed by atoms with Crippen LogP contribution in [-0.4, -0.2) is 24.2 Å². The van der Waals surface area contributed by atoms with Crippen LogP contribution in [0.2, 0.25) is 14.8 Å². The standard InChI is InChI=1S/C16H15O.3CH3.Sn/c1-13(12-14-8-4-2-5-9-14)16(17)15-10-6-3-7-11-15;;;;/h2-13H,1H3;3*1H3;/t13-;;;;/m0..../s1. The van der Waals surface area contributed by atoms with E-state index in [0.717, 1.165) is 5.56 Å². The Kier molecular flexibility index (Phi) is 5.26. The quantitative estimate of drug-likeness (QED) is 0.511. The summed E-state index contributed by atoms with van der Waals surface area (Å²) in [6.45, 7) is 2.11. The van der Waals surface area contributed by atoms with Crippen LogP contribution in [0.15, 0.2) is 60.7 Å². The Balaban J connectivity index is 2.36. The van der Waals surface area contributed by atoms with Crippen molar-refractivity contribution in [1.82, 2.24) is 0 Å². The third-order valence-electron chi connectivity index (χ3n) is 4.06. The first-order valence-corrected chi connectivity index (χ1v) is 17.8. The summed E-state index contributed by atoms with van der Waals surface area (Å²) in [4.78, 5) is 20.1. The van der Waals surface area contributed by atoms with Crippen molar-refractivity contribution in [1.29, 1.82) is 0 Å². The molecule has 0 N–H and O–H groups in total. The number of hydrogen-bond acceptors (Lipinski definition) is 1. The van der Waals surface area contributed by atoms with Crippen molar-refractivity contribution in [2.75, 3.05) is 0 Å². The Morgan fingerprint density at radius 1 is 0.857 bits per heavy atom. The maximum absolute atomic E-state index is 12.8. The predicted molar refractivity (Wildman–Crippen MR) is 92.5 cm³/mol. The van der Waals surface area contributed by atoms with Crippen molar-refractivity contribution < 1.29 is 4.79 Å². The molecule has 0 bridgehead atoms. The minimum absolute atomic E-state index is 0.0469. The number of ketones is 1. The van der Waals surface area contributed by atoms with Gasteiger partial charge in [-0.3, -0.25) is 0 Å². The van der Waals surface area contributed by atoms with E-state index in [1.54, 1.807) is 0 Å². The van der Waals surface area contributed by atoms with Gasteiger partial charge in [-0.15, -0.1) is 0 Å². The zero-order valence-electron chi connectivity index (χ0n) is 13.3. The Labute approximate surface area is 132 Å². The molecule has 0 fully saturated rings. The first-order chi connectivity index (χ1) is 9.91. The van der Waals surface area contributed by atoms with E-state index >= 15 is 0 Å². The molecule has 110 valence electrons. The first kappa shape index (κ1) is 16.3. The zero-order valence-corrected chi connectivity index (χ0v) is 16.2. The summed E-state index contributed by atoms with van der Waals surface area (Å²) >= 11 is -2.30. The van der Waals surface area contributed by atoms with Gasteiger partial charge in [0.25, 0.3) is 0 Å². The third kappa shape index (κ3) is 3.97. The Morgan fingerprint density at radius 2 is 1.33 bits per heavy atom. The minimum atomic E-state index is -2.30. The number of benzene rings is 2. The van der Waals surface area contributed by atoms with Gasteiger partial charge in [-0.2, -0.15) is 0 Å². The molecule has 0 heterocycles. The average Bonchev–Trinajstić information content (AvgIpc) is 2.47. The normalized spacial score (nSPS) is 14.5. The summed E-state index contributed by atoms with van der Waals surface area (Å²) in [5.74, 6) is 0.321. The Bertz CT molecular complexity index is 584. The molecule has 0 unspecified atom stereocenters. The zero-order chi connectivity index (χ0) is 15.5. The van der Waals surface area contributed by atoms with Crippen molar-refractivity contribution in [2.45, 2.75) is 25.7 Å². The van der Waals surface area contributed by atoms with Crippen LogP contribution in [0.5, 0.6) is 0 Å². The van der Waals surface area contributed by atoms with Crippen LogP contribution in [-0.2, 0) is 0 Å². The molecule has 0 spiro atoms. The molecular formula is C19H24OSn. The van der Waals surface area contributed by atoms with Crippen molar-refractivity contribution in [3.63, 3.8) is 0 Å². The van der Waals surface area contributed by atoms with E-state index in [0.29, 0.717) is 3.93 Å². The number of hydrogen-bond donors (Lipinski definition) is 0. The number of carbonyl (C=O) groups is 1. The Morgan fingerprint density at radius 3 is 1.81 bits per heavy atom. The van der Waals surface area contributed by atoms with Crippen LogP contribution in [0.3, 0.4) is 0 Å². The van der Waals surface area contributed by atoms with Gasteiger partial charge in [0.1, 0.15) is 0 Å². The molecule has 2 aromatic rings. The second kappa shape index (κ2) is 6.78. The first-order valence-electron chi connectivity index (χ1n) is 7.55. The molecule has 0 aliphatic heterocycles. The average molecular weight is 387 g/mol. The molecule has 21 heavy (non-hydrogen) atoms. The van der Waals surface area contributed by atoms with Crippen LogP contribution in [0.4, 0.5) is 0 Å². The summed E-state index contributed by atoms with van der Waals surface area (Å²) in [5.41, 5.74) is 2.17. The molecule has 2 rings (SSSR count). The maximum atomic E-state index is 12.8. The van der Waals surface area contributed by atoms with Gasteiger partial charge in [-0.05, 0) is 0 Å². The van der Waals surface area contributed by atoms with E-state index in [9.17, 15) is 4.79 Å². The van der Waals surface area contributed by atoms with Gasteiger partial charge < -0.3 is 0 Å². The van der Waals surface area contributed by atoms with Crippen molar-refractivity contribution in [3.05, 3.63) is 71.8 Å². The van der Waals surface area contributed by atoms with Crippen LogP contribution in [0, 0.1) is 5.92 Å². The molecule has 1 nitrogen and oxygen atoms in total. The summed E-state index contributed by atoms with van der Waals surface area (Å²) in [6.07, 6.45) is 0. The molecule has 0 saturated heterocycles. The SMILES string of the molecule is C[C@H](C(=O)c1ccccc1)[C@@H](c1ccccc1)[Sn]([CH3])([CH3])[CH3]. The number of carbonyl (C=O) groups excluding carboxylic acids is 1. The van der Waals surface area contributed by atoms with Gasteiger partial charge in [-0.25, -0.2) is 0 Å². The number of Topliss-reactive ketones (excluding diaryl/α,β-unsaturated/α-hetero) is 1. The molecule has 0 aromatic heterocycles. The summed E-state index contributed by atoms with van der Waals surface area (Å²) in [7, 11) is 0. The van der Waals surface area contributed by atoms with Gasteiger partial charge in [0.2, 0.25) is 0 Å². The molecular weight excluding hydrogens is 363 g/mol. The molecule has 0 aliphatic carbocycles. The molecule has 0 amide bonds. The van der Waals surface area contributed by atoms with Crippen LogP contribution in [0.25, 0.3) is 0 Å². The van der Waals surface area contributed by atoms with Crippen molar-refractivity contribution >= 4 is 24.2 Å². The Hall–Kier alpha value is -1.09. The van der Waals surface area contributed by atoms with E-state index in [4.69, 9.17) is 0 Å². The van der Waals surface area contributed by atoms with Gasteiger partial charge in [0.15, 0.2) is 0 Å². The van der Waals surface area contributed by atoms with Gasteiger partial charge in [-0.1, -0.05) is 0 Å². The second-order valence-electron chi connectivity index (χ2n) is 6.77. The molecule has 2 aromatic carbocycles. The van der Waals surface area contributed by atoms with Gasteiger partial charge >= 0.3 is 132 Å². The predicted octanol–water partition coefficient (Wildman–Crippen LogP) is 5.17. The third-order valence-corrected chi connectivity index (χ3v) is 11.8. The fraction of sp³-hybridized carbons (Fsp3) is 0.316. The molecule has 0 aliphatic rings. The molecule has 2 heteroatoms. The van der Waals surface area contributed by atoms with Gasteiger partial charge in [0, 0.05) is 0 Å². The van der Waals surface area contributed by atoms with E-state index in [1.807, 2.05) is 36.4 Å². The summed E-state index contributed by atoms with van der Waals surface area (Å²) < 4.78 is 0.410. The van der Waals surface area contributed by atoms with Crippen LogP contribution in [0.1, 0.15) is 26.8 Å². The fourth-order valence-electron chi connectivity index (χ4n) is 3.22. The number of rotatable bonds is 5. The fourth-order valence-corrected chi connectivity index (χ4v) is 11.3. The molecule has 2 atom stereocenters. The summed E-state index contributed by atoms with van der Waals surface area (Å²) in [5, 5.41) is 0.